The highest BCUT2D eigenvalue weighted by Crippen LogP contribution is 2.29. The number of rotatable bonds is 4. The maximum Gasteiger partial charge on any atom is 0.227 e. The Morgan fingerprint density at radius 1 is 1.16 bits per heavy atom. The van der Waals surface area contributed by atoms with Gasteiger partial charge in [-0.05, 0) is 35.9 Å². The molecule has 0 bridgehead atoms. The van der Waals surface area contributed by atoms with Crippen molar-refractivity contribution >= 4 is 23.2 Å². The summed E-state index contributed by atoms with van der Waals surface area (Å²) in [5.74, 6) is 0.360. The molecular weight excluding hydrogens is 343 g/mol. The zero-order valence-electron chi connectivity index (χ0n) is 14.0. The van der Waals surface area contributed by atoms with Crippen molar-refractivity contribution in [3.63, 3.8) is 0 Å². The molecular formula is C19H20ClFN2O2. The van der Waals surface area contributed by atoms with Gasteiger partial charge in [0.15, 0.2) is 0 Å². The van der Waals surface area contributed by atoms with Crippen molar-refractivity contribution in [2.45, 2.75) is 6.42 Å². The summed E-state index contributed by atoms with van der Waals surface area (Å²) in [7, 11) is 1.59. The van der Waals surface area contributed by atoms with Crippen LogP contribution in [0.4, 0.5) is 10.1 Å². The first-order valence-corrected chi connectivity index (χ1v) is 8.55. The van der Waals surface area contributed by atoms with Gasteiger partial charge in [-0.25, -0.2) is 4.39 Å². The molecule has 1 aliphatic heterocycles. The van der Waals surface area contributed by atoms with Gasteiger partial charge in [-0.2, -0.15) is 0 Å². The molecule has 1 aliphatic rings. The minimum Gasteiger partial charge on any atom is -0.495 e. The Balaban J connectivity index is 1.58. The summed E-state index contributed by atoms with van der Waals surface area (Å²) in [6, 6.07) is 11.9. The van der Waals surface area contributed by atoms with Gasteiger partial charge < -0.3 is 14.5 Å². The molecule has 2 aromatic carbocycles. The highest BCUT2D eigenvalue weighted by atomic mass is 35.5. The van der Waals surface area contributed by atoms with E-state index in [0.29, 0.717) is 29.4 Å². The first kappa shape index (κ1) is 17.5. The number of nitrogens with zero attached hydrogens (tertiary/aromatic N) is 2. The molecule has 0 radical (unpaired) electrons. The molecule has 6 heteroatoms. The molecule has 132 valence electrons. The van der Waals surface area contributed by atoms with Gasteiger partial charge in [-0.1, -0.05) is 23.7 Å². The van der Waals surface area contributed by atoms with Crippen molar-refractivity contribution in [3.05, 3.63) is 58.9 Å². The van der Waals surface area contributed by atoms with Gasteiger partial charge >= 0.3 is 0 Å². The summed E-state index contributed by atoms with van der Waals surface area (Å²) < 4.78 is 18.4. The molecule has 25 heavy (non-hydrogen) atoms. The summed E-state index contributed by atoms with van der Waals surface area (Å²) in [4.78, 5) is 16.4. The topological polar surface area (TPSA) is 32.8 Å². The molecule has 0 unspecified atom stereocenters. The van der Waals surface area contributed by atoms with E-state index in [1.165, 1.54) is 12.1 Å². The Morgan fingerprint density at radius 3 is 2.56 bits per heavy atom. The van der Waals surface area contributed by atoms with Gasteiger partial charge in [0.2, 0.25) is 5.91 Å². The minimum absolute atomic E-state index is 0.0259. The van der Waals surface area contributed by atoms with Crippen molar-refractivity contribution in [2.24, 2.45) is 0 Å². The zero-order valence-corrected chi connectivity index (χ0v) is 14.8. The van der Waals surface area contributed by atoms with Crippen molar-refractivity contribution < 1.29 is 13.9 Å². The minimum atomic E-state index is -0.313. The van der Waals surface area contributed by atoms with Crippen molar-refractivity contribution in [1.29, 1.82) is 0 Å². The van der Waals surface area contributed by atoms with Gasteiger partial charge in [0.05, 0.1) is 18.6 Å². The predicted molar refractivity (Wildman–Crippen MR) is 96.9 cm³/mol. The van der Waals surface area contributed by atoms with Crippen LogP contribution in [0.5, 0.6) is 5.75 Å². The number of piperazine rings is 1. The fraction of sp³-hybridized carbons (Fsp3) is 0.316. The molecule has 0 aromatic heterocycles. The van der Waals surface area contributed by atoms with Gasteiger partial charge in [0.25, 0.3) is 0 Å². The summed E-state index contributed by atoms with van der Waals surface area (Å²) in [6.07, 6.45) is 0.228. The second-order valence-electron chi connectivity index (χ2n) is 5.99. The highest BCUT2D eigenvalue weighted by molar-refractivity contribution is 6.32. The lowest BCUT2D eigenvalue weighted by Gasteiger charge is -2.36. The second-order valence-corrected chi connectivity index (χ2v) is 6.40. The van der Waals surface area contributed by atoms with Crippen LogP contribution < -0.4 is 9.64 Å². The maximum atomic E-state index is 13.2. The number of hydrogen-bond acceptors (Lipinski definition) is 3. The van der Waals surface area contributed by atoms with E-state index in [2.05, 4.69) is 4.90 Å². The molecule has 1 amide bonds. The largest absolute Gasteiger partial charge is 0.495 e. The normalized spacial score (nSPS) is 14.5. The first-order chi connectivity index (χ1) is 12.1. The fourth-order valence-electron chi connectivity index (χ4n) is 3.00. The molecule has 0 N–H and O–H groups in total. The van der Waals surface area contributed by atoms with Gasteiger partial charge in [-0.15, -0.1) is 0 Å². The number of hydrogen-bond donors (Lipinski definition) is 0. The molecule has 1 heterocycles. The Bertz CT molecular complexity index is 761. The number of anilines is 1. The number of halogens is 2. The van der Waals surface area contributed by atoms with E-state index >= 15 is 0 Å². The summed E-state index contributed by atoms with van der Waals surface area (Å²) in [5.41, 5.74) is 1.72. The lowest BCUT2D eigenvalue weighted by Crippen LogP contribution is -2.49. The molecule has 1 fully saturated rings. The molecule has 0 spiro atoms. The predicted octanol–water partition coefficient (Wildman–Crippen LogP) is 3.38. The van der Waals surface area contributed by atoms with Crippen LogP contribution in [0.2, 0.25) is 5.02 Å². The van der Waals surface area contributed by atoms with Crippen LogP contribution >= 0.6 is 11.6 Å². The van der Waals surface area contributed by atoms with Crippen molar-refractivity contribution in [1.82, 2.24) is 4.90 Å². The van der Waals surface area contributed by atoms with Crippen LogP contribution in [0.1, 0.15) is 5.56 Å². The molecule has 3 rings (SSSR count). The van der Waals surface area contributed by atoms with Crippen LogP contribution in [0, 0.1) is 5.82 Å². The van der Waals surface area contributed by atoms with Crippen molar-refractivity contribution in [2.75, 3.05) is 38.2 Å². The molecule has 0 atom stereocenters. The standard InChI is InChI=1S/C19H20ClFN2O2/c1-25-18-6-5-16(13-17(18)20)22-7-9-23(10-8-22)19(24)12-14-3-2-4-15(21)11-14/h2-6,11,13H,7-10,12H2,1H3. The van der Waals surface area contributed by atoms with Gasteiger partial charge in [0.1, 0.15) is 11.6 Å². The lowest BCUT2D eigenvalue weighted by molar-refractivity contribution is -0.130. The third-order valence-electron chi connectivity index (χ3n) is 4.38. The molecule has 0 saturated carbocycles. The Labute approximate surface area is 151 Å². The smallest absolute Gasteiger partial charge is 0.227 e. The molecule has 0 aliphatic carbocycles. The third kappa shape index (κ3) is 4.23. The number of methoxy groups -OCH3 is 1. The van der Waals surface area contributed by atoms with Crippen LogP contribution in [0.25, 0.3) is 0 Å². The number of amides is 1. The third-order valence-corrected chi connectivity index (χ3v) is 4.67. The highest BCUT2D eigenvalue weighted by Gasteiger charge is 2.22. The van der Waals surface area contributed by atoms with Crippen LogP contribution in [-0.2, 0) is 11.2 Å². The van der Waals surface area contributed by atoms with Crippen molar-refractivity contribution in [3.8, 4) is 5.75 Å². The maximum absolute atomic E-state index is 13.2. The Hall–Kier alpha value is -2.27. The molecule has 1 saturated heterocycles. The Morgan fingerprint density at radius 2 is 1.92 bits per heavy atom. The average Bonchev–Trinajstić information content (AvgIpc) is 2.62. The first-order valence-electron chi connectivity index (χ1n) is 8.17. The average molecular weight is 363 g/mol. The van der Waals surface area contributed by atoms with E-state index in [0.717, 1.165) is 18.8 Å². The van der Waals surface area contributed by atoms with Crippen LogP contribution in [0.15, 0.2) is 42.5 Å². The van der Waals surface area contributed by atoms with E-state index in [1.807, 2.05) is 23.1 Å². The van der Waals surface area contributed by atoms with Crippen LogP contribution in [-0.4, -0.2) is 44.1 Å². The zero-order chi connectivity index (χ0) is 17.8. The number of ether oxygens (including phenoxy) is 1. The van der Waals surface area contributed by atoms with E-state index in [-0.39, 0.29) is 18.1 Å². The Kier molecular flexibility index (Phi) is 5.43. The fourth-order valence-corrected chi connectivity index (χ4v) is 3.25. The monoisotopic (exact) mass is 362 g/mol. The van der Waals surface area contributed by atoms with Crippen LogP contribution in [0.3, 0.4) is 0 Å². The lowest BCUT2D eigenvalue weighted by atomic mass is 10.1. The summed E-state index contributed by atoms with van der Waals surface area (Å²) >= 11 is 6.18. The second kappa shape index (κ2) is 7.74. The number of carbonyl (C=O) groups is 1. The molecule has 2 aromatic rings. The van der Waals surface area contributed by atoms with E-state index in [9.17, 15) is 9.18 Å². The van der Waals surface area contributed by atoms with Gasteiger partial charge in [0, 0.05) is 31.9 Å². The van der Waals surface area contributed by atoms with E-state index in [1.54, 1.807) is 19.2 Å². The quantitative estimate of drug-likeness (QED) is 0.836. The summed E-state index contributed by atoms with van der Waals surface area (Å²) in [5, 5.41) is 0.574. The SMILES string of the molecule is COc1ccc(N2CCN(C(=O)Cc3cccc(F)c3)CC2)cc1Cl. The summed E-state index contributed by atoms with van der Waals surface area (Å²) in [6.45, 7) is 2.74. The van der Waals surface area contributed by atoms with E-state index < -0.39 is 0 Å². The van der Waals surface area contributed by atoms with Gasteiger partial charge in [-0.3, -0.25) is 4.79 Å². The van der Waals surface area contributed by atoms with E-state index in [4.69, 9.17) is 16.3 Å². The molecule has 4 nitrogen and oxygen atoms in total. The number of carbonyl (C=O) groups excluding carboxylic acids is 1. The number of benzene rings is 2.